The molecule has 0 N–H and O–H groups in total. The minimum atomic E-state index is -0.335. The van der Waals surface area contributed by atoms with Gasteiger partial charge in [0.05, 0.1) is 19.2 Å². The Bertz CT molecular complexity index is 738. The summed E-state index contributed by atoms with van der Waals surface area (Å²) in [5, 5.41) is 0.683. The van der Waals surface area contributed by atoms with E-state index in [2.05, 4.69) is 19.4 Å². The molecular weight excluding hydrogens is 340 g/mol. The van der Waals surface area contributed by atoms with Gasteiger partial charge in [0.2, 0.25) is 0 Å². The van der Waals surface area contributed by atoms with Gasteiger partial charge in [0, 0.05) is 57.2 Å². The topological polar surface area (TPSA) is 50.6 Å². The van der Waals surface area contributed by atoms with Crippen molar-refractivity contribution in [2.75, 3.05) is 33.3 Å². The fourth-order valence-corrected chi connectivity index (χ4v) is 3.21. The third kappa shape index (κ3) is 4.39. The van der Waals surface area contributed by atoms with Crippen LogP contribution in [0, 0.1) is 0 Å². The Labute approximate surface area is 153 Å². The highest BCUT2D eigenvalue weighted by atomic mass is 35.5. The highest BCUT2D eigenvalue weighted by molar-refractivity contribution is 6.31. The van der Waals surface area contributed by atoms with Crippen LogP contribution in [-0.4, -0.2) is 58.6 Å². The zero-order chi connectivity index (χ0) is 17.8. The first-order valence-electron chi connectivity index (χ1n) is 8.34. The lowest BCUT2D eigenvalue weighted by Crippen LogP contribution is -2.45. The molecule has 0 atom stereocenters. The molecule has 25 heavy (non-hydrogen) atoms. The summed E-state index contributed by atoms with van der Waals surface area (Å²) in [5.41, 5.74) is 1.50. The van der Waals surface area contributed by atoms with Crippen LogP contribution in [0.2, 0.25) is 5.02 Å². The second-order valence-corrected chi connectivity index (χ2v) is 6.71. The van der Waals surface area contributed by atoms with Crippen LogP contribution in [0.15, 0.2) is 30.6 Å². The largest absolute Gasteiger partial charge is 0.465 e. The van der Waals surface area contributed by atoms with Gasteiger partial charge < -0.3 is 9.30 Å². The van der Waals surface area contributed by atoms with Crippen molar-refractivity contribution in [3.8, 4) is 0 Å². The van der Waals surface area contributed by atoms with Crippen LogP contribution in [-0.2, 0) is 24.9 Å². The molecule has 7 heteroatoms. The van der Waals surface area contributed by atoms with E-state index in [9.17, 15) is 4.79 Å². The molecular formula is C18H23ClN4O2. The monoisotopic (exact) mass is 362 g/mol. The smallest absolute Gasteiger partial charge is 0.337 e. The number of carbonyl (C=O) groups excluding carboxylic acids is 1. The Hall–Kier alpha value is -1.89. The number of rotatable bonds is 5. The van der Waals surface area contributed by atoms with Gasteiger partial charge in [-0.15, -0.1) is 0 Å². The molecule has 0 radical (unpaired) electrons. The van der Waals surface area contributed by atoms with Gasteiger partial charge in [0.1, 0.15) is 5.82 Å². The number of aryl methyl sites for hydroxylation is 1. The average Bonchev–Trinajstić information content (AvgIpc) is 3.02. The van der Waals surface area contributed by atoms with E-state index in [4.69, 9.17) is 16.3 Å². The van der Waals surface area contributed by atoms with E-state index in [1.807, 2.05) is 25.5 Å². The number of nitrogens with zero attached hydrogens (tertiary/aromatic N) is 4. The van der Waals surface area contributed by atoms with E-state index in [0.717, 1.165) is 50.7 Å². The number of carbonyl (C=O) groups is 1. The van der Waals surface area contributed by atoms with E-state index in [-0.39, 0.29) is 5.97 Å². The first-order chi connectivity index (χ1) is 12.1. The van der Waals surface area contributed by atoms with E-state index in [1.165, 1.54) is 7.11 Å². The van der Waals surface area contributed by atoms with Crippen molar-refractivity contribution >= 4 is 17.6 Å². The number of aromatic nitrogens is 2. The summed E-state index contributed by atoms with van der Waals surface area (Å²) < 4.78 is 6.84. The van der Waals surface area contributed by atoms with Crippen molar-refractivity contribution in [1.82, 2.24) is 19.4 Å². The van der Waals surface area contributed by atoms with Crippen molar-refractivity contribution < 1.29 is 9.53 Å². The van der Waals surface area contributed by atoms with Crippen LogP contribution < -0.4 is 0 Å². The van der Waals surface area contributed by atoms with Gasteiger partial charge in [0.15, 0.2) is 0 Å². The molecule has 0 aliphatic carbocycles. The van der Waals surface area contributed by atoms with Gasteiger partial charge in [-0.3, -0.25) is 9.80 Å². The van der Waals surface area contributed by atoms with Crippen LogP contribution in [0.1, 0.15) is 21.7 Å². The second kappa shape index (κ2) is 7.99. The summed E-state index contributed by atoms with van der Waals surface area (Å²) in [6.07, 6.45) is 3.81. The molecule has 0 spiro atoms. The Morgan fingerprint density at radius 3 is 2.48 bits per heavy atom. The SMILES string of the molecule is COC(=O)c1ccc(Cl)c(CN2CCN(Cc3nccn3C)CC2)c1. The number of esters is 1. The maximum absolute atomic E-state index is 11.7. The van der Waals surface area contributed by atoms with E-state index in [0.29, 0.717) is 10.6 Å². The number of halogens is 1. The number of hydrogen-bond acceptors (Lipinski definition) is 5. The van der Waals surface area contributed by atoms with Gasteiger partial charge in [-0.05, 0) is 23.8 Å². The highest BCUT2D eigenvalue weighted by Crippen LogP contribution is 2.21. The standard InChI is InChI=1S/C18H23ClN4O2/c1-21-6-5-20-17(21)13-23-9-7-22(8-10-23)12-15-11-14(18(24)25-2)3-4-16(15)19/h3-6,11H,7-10,12-13H2,1-2H3. The summed E-state index contributed by atoms with van der Waals surface area (Å²) in [6, 6.07) is 5.29. The molecule has 1 aromatic heterocycles. The van der Waals surface area contributed by atoms with Crippen molar-refractivity contribution in [3.05, 3.63) is 52.6 Å². The minimum absolute atomic E-state index is 0.335. The molecule has 6 nitrogen and oxygen atoms in total. The van der Waals surface area contributed by atoms with Gasteiger partial charge in [0.25, 0.3) is 0 Å². The third-order valence-corrected chi connectivity index (χ3v) is 4.98. The van der Waals surface area contributed by atoms with Crippen LogP contribution in [0.3, 0.4) is 0 Å². The number of methoxy groups -OCH3 is 1. The molecule has 1 fully saturated rings. The summed E-state index contributed by atoms with van der Waals surface area (Å²) in [6.45, 7) is 5.50. The Balaban J connectivity index is 1.57. The number of hydrogen-bond donors (Lipinski definition) is 0. The van der Waals surface area contributed by atoms with Crippen LogP contribution in [0.25, 0.3) is 0 Å². The van der Waals surface area contributed by atoms with Gasteiger partial charge in [-0.1, -0.05) is 11.6 Å². The Kier molecular flexibility index (Phi) is 5.73. The minimum Gasteiger partial charge on any atom is -0.465 e. The van der Waals surface area contributed by atoms with Gasteiger partial charge >= 0.3 is 5.97 Å². The molecule has 1 aromatic carbocycles. The summed E-state index contributed by atoms with van der Waals surface area (Å²) in [5.74, 6) is 0.750. The molecule has 0 amide bonds. The summed E-state index contributed by atoms with van der Waals surface area (Å²) in [7, 11) is 3.41. The molecule has 0 bridgehead atoms. The van der Waals surface area contributed by atoms with E-state index in [1.54, 1.807) is 12.1 Å². The average molecular weight is 363 g/mol. The molecule has 1 saturated heterocycles. The molecule has 2 aromatic rings. The van der Waals surface area contributed by atoms with Crippen LogP contribution >= 0.6 is 11.6 Å². The number of piperazine rings is 1. The fourth-order valence-electron chi connectivity index (χ4n) is 3.04. The van der Waals surface area contributed by atoms with Gasteiger partial charge in [-0.2, -0.15) is 0 Å². The lowest BCUT2D eigenvalue weighted by molar-refractivity contribution is 0.0600. The predicted molar refractivity (Wildman–Crippen MR) is 96.6 cm³/mol. The molecule has 134 valence electrons. The first-order valence-corrected chi connectivity index (χ1v) is 8.72. The number of benzene rings is 1. The molecule has 2 heterocycles. The van der Waals surface area contributed by atoms with Crippen molar-refractivity contribution in [2.45, 2.75) is 13.1 Å². The molecule has 3 rings (SSSR count). The molecule has 1 aliphatic heterocycles. The van der Waals surface area contributed by atoms with E-state index >= 15 is 0 Å². The number of ether oxygens (including phenoxy) is 1. The maximum Gasteiger partial charge on any atom is 0.337 e. The lowest BCUT2D eigenvalue weighted by atomic mass is 10.1. The maximum atomic E-state index is 11.7. The highest BCUT2D eigenvalue weighted by Gasteiger charge is 2.19. The van der Waals surface area contributed by atoms with Crippen LogP contribution in [0.5, 0.6) is 0 Å². The van der Waals surface area contributed by atoms with Crippen molar-refractivity contribution in [2.24, 2.45) is 7.05 Å². The predicted octanol–water partition coefficient (Wildman–Crippen LogP) is 2.18. The zero-order valence-electron chi connectivity index (χ0n) is 14.6. The molecule has 0 saturated carbocycles. The normalized spacial score (nSPS) is 16.1. The van der Waals surface area contributed by atoms with Crippen LogP contribution in [0.4, 0.5) is 0 Å². The Morgan fingerprint density at radius 2 is 1.88 bits per heavy atom. The molecule has 0 unspecified atom stereocenters. The van der Waals surface area contributed by atoms with Crippen molar-refractivity contribution in [1.29, 1.82) is 0 Å². The molecule has 1 aliphatic rings. The fraction of sp³-hybridized carbons (Fsp3) is 0.444. The Morgan fingerprint density at radius 1 is 1.20 bits per heavy atom. The zero-order valence-corrected chi connectivity index (χ0v) is 15.4. The first kappa shape index (κ1) is 17.9. The summed E-state index contributed by atoms with van der Waals surface area (Å²) >= 11 is 6.30. The quantitative estimate of drug-likeness (QED) is 0.763. The summed E-state index contributed by atoms with van der Waals surface area (Å²) in [4.78, 5) is 20.9. The third-order valence-electron chi connectivity index (χ3n) is 4.61. The second-order valence-electron chi connectivity index (χ2n) is 6.30. The van der Waals surface area contributed by atoms with Gasteiger partial charge in [-0.25, -0.2) is 9.78 Å². The van der Waals surface area contributed by atoms with E-state index < -0.39 is 0 Å². The van der Waals surface area contributed by atoms with Crippen molar-refractivity contribution in [3.63, 3.8) is 0 Å². The number of imidazole rings is 1. The lowest BCUT2D eigenvalue weighted by Gasteiger charge is -2.34.